The maximum absolute atomic E-state index is 13.3. The number of pyridine rings is 1. The van der Waals surface area contributed by atoms with E-state index in [1.807, 2.05) is 13.0 Å². The monoisotopic (exact) mass is 440 g/mol. The summed E-state index contributed by atoms with van der Waals surface area (Å²) in [6.07, 6.45) is -4.62. The Kier molecular flexibility index (Phi) is 5.85. The predicted octanol–water partition coefficient (Wildman–Crippen LogP) is 3.24. The molecule has 0 radical (unpaired) electrons. The number of likely N-dealkylation sites (tertiary alicyclic amines) is 1. The molecule has 10 heteroatoms. The highest BCUT2D eigenvalue weighted by molar-refractivity contribution is 5.96. The van der Waals surface area contributed by atoms with Crippen LogP contribution in [0.2, 0.25) is 0 Å². The molecule has 2 fully saturated rings. The molecule has 1 aromatic carbocycles. The van der Waals surface area contributed by atoms with Crippen LogP contribution < -0.4 is 4.74 Å². The number of rotatable bonds is 3. The number of benzene rings is 1. The molecule has 0 bridgehead atoms. The largest absolute Gasteiger partial charge is 0.484 e. The number of alkyl halides is 3. The van der Waals surface area contributed by atoms with E-state index in [9.17, 15) is 22.4 Å². The molecule has 1 aromatic heterocycles. The molecule has 2 aliphatic rings. The standard InChI is InChI=1S/C21H20F4N2O4/c1-12-2-4-14(7-26-12)31-15-10-29-18-8-27(9-19(18)30-11-15)20(28)16-5-3-13(22)6-17(16)21(23,24)25/h2-7,15,18-19H,8-11H2,1H3/t18-,19-/m0/s1. The van der Waals surface area contributed by atoms with Gasteiger partial charge < -0.3 is 19.1 Å². The van der Waals surface area contributed by atoms with Gasteiger partial charge in [-0.3, -0.25) is 9.78 Å². The molecule has 6 nitrogen and oxygen atoms in total. The summed E-state index contributed by atoms with van der Waals surface area (Å²) in [6, 6.07) is 5.63. The zero-order valence-electron chi connectivity index (χ0n) is 16.6. The van der Waals surface area contributed by atoms with Crippen LogP contribution in [0.5, 0.6) is 5.75 Å². The number of amides is 1. The van der Waals surface area contributed by atoms with Crippen molar-refractivity contribution in [3.63, 3.8) is 0 Å². The van der Waals surface area contributed by atoms with Gasteiger partial charge in [-0.05, 0) is 37.3 Å². The molecule has 0 N–H and O–H groups in total. The molecule has 0 aliphatic carbocycles. The van der Waals surface area contributed by atoms with Gasteiger partial charge in [0.15, 0.2) is 0 Å². The van der Waals surface area contributed by atoms with Crippen LogP contribution in [0.25, 0.3) is 0 Å². The van der Waals surface area contributed by atoms with Gasteiger partial charge in [0.2, 0.25) is 0 Å². The molecule has 2 aromatic rings. The van der Waals surface area contributed by atoms with Crippen molar-refractivity contribution in [2.24, 2.45) is 0 Å². The zero-order chi connectivity index (χ0) is 22.2. The van der Waals surface area contributed by atoms with Gasteiger partial charge in [-0.2, -0.15) is 13.2 Å². The van der Waals surface area contributed by atoms with Crippen molar-refractivity contribution in [2.45, 2.75) is 31.4 Å². The van der Waals surface area contributed by atoms with Crippen LogP contribution in [0, 0.1) is 12.7 Å². The van der Waals surface area contributed by atoms with Gasteiger partial charge in [0.05, 0.1) is 30.5 Å². The molecule has 166 valence electrons. The van der Waals surface area contributed by atoms with Crippen LogP contribution >= 0.6 is 0 Å². The molecule has 2 aliphatic heterocycles. The van der Waals surface area contributed by atoms with Crippen LogP contribution in [0.3, 0.4) is 0 Å². The third kappa shape index (κ3) is 4.80. The van der Waals surface area contributed by atoms with Crippen molar-refractivity contribution < 1.29 is 36.6 Å². The van der Waals surface area contributed by atoms with Gasteiger partial charge in [0.25, 0.3) is 5.91 Å². The molecule has 2 saturated heterocycles. The van der Waals surface area contributed by atoms with Crippen LogP contribution in [0.4, 0.5) is 17.6 Å². The van der Waals surface area contributed by atoms with Crippen LogP contribution in [-0.2, 0) is 15.7 Å². The lowest BCUT2D eigenvalue weighted by Crippen LogP contribution is -2.34. The summed E-state index contributed by atoms with van der Waals surface area (Å²) in [5.41, 5.74) is -1.04. The SMILES string of the molecule is Cc1ccc(OC2CO[C@H]3CN(C(=O)c4ccc(F)cc4C(F)(F)F)C[C@@H]3OC2)cn1. The fourth-order valence-corrected chi connectivity index (χ4v) is 3.63. The molecule has 4 rings (SSSR count). The van der Waals surface area contributed by atoms with E-state index < -0.39 is 41.2 Å². The van der Waals surface area contributed by atoms with E-state index in [2.05, 4.69) is 4.98 Å². The van der Waals surface area contributed by atoms with Crippen molar-refractivity contribution in [3.05, 3.63) is 59.2 Å². The average molecular weight is 440 g/mol. The van der Waals surface area contributed by atoms with Gasteiger partial charge in [0.1, 0.15) is 29.9 Å². The Balaban J connectivity index is 1.41. The van der Waals surface area contributed by atoms with Gasteiger partial charge in [-0.1, -0.05) is 0 Å². The van der Waals surface area contributed by atoms with Crippen LogP contribution in [0.15, 0.2) is 36.5 Å². The number of hydrogen-bond acceptors (Lipinski definition) is 5. The minimum atomic E-state index is -4.85. The highest BCUT2D eigenvalue weighted by atomic mass is 19.4. The Labute approximate surface area is 175 Å². The van der Waals surface area contributed by atoms with Crippen molar-refractivity contribution in [1.29, 1.82) is 0 Å². The number of hydrogen-bond donors (Lipinski definition) is 0. The van der Waals surface area contributed by atoms with Crippen LogP contribution in [0.1, 0.15) is 21.6 Å². The third-order valence-corrected chi connectivity index (χ3v) is 5.20. The first-order chi connectivity index (χ1) is 14.7. The van der Waals surface area contributed by atoms with Crippen molar-refractivity contribution in [2.75, 3.05) is 26.3 Å². The molecular weight excluding hydrogens is 420 g/mol. The Bertz CT molecular complexity index is 935. The van der Waals surface area contributed by atoms with Gasteiger partial charge in [-0.15, -0.1) is 0 Å². The minimum Gasteiger partial charge on any atom is -0.484 e. The topological polar surface area (TPSA) is 60.9 Å². The second-order valence-corrected chi connectivity index (χ2v) is 7.52. The fourth-order valence-electron chi connectivity index (χ4n) is 3.63. The summed E-state index contributed by atoms with van der Waals surface area (Å²) in [5.74, 6) is -1.33. The first-order valence-electron chi connectivity index (χ1n) is 9.69. The molecule has 0 unspecified atom stereocenters. The maximum Gasteiger partial charge on any atom is 0.417 e. The summed E-state index contributed by atoms with van der Waals surface area (Å²) in [4.78, 5) is 18.1. The highest BCUT2D eigenvalue weighted by Crippen LogP contribution is 2.34. The van der Waals surface area contributed by atoms with Gasteiger partial charge in [-0.25, -0.2) is 4.39 Å². The van der Waals surface area contributed by atoms with Crippen molar-refractivity contribution in [3.8, 4) is 5.75 Å². The van der Waals surface area contributed by atoms with E-state index in [1.54, 1.807) is 12.3 Å². The third-order valence-electron chi connectivity index (χ3n) is 5.20. The lowest BCUT2D eigenvalue weighted by Gasteiger charge is -2.21. The smallest absolute Gasteiger partial charge is 0.417 e. The average Bonchev–Trinajstić information content (AvgIpc) is 3.04. The molecule has 1 amide bonds. The number of carbonyl (C=O) groups excluding carboxylic acids is 1. The number of aryl methyl sites for hydroxylation is 1. The molecular formula is C21H20F4N2O4. The lowest BCUT2D eigenvalue weighted by atomic mass is 10.1. The Morgan fingerprint density at radius 1 is 1.13 bits per heavy atom. The summed E-state index contributed by atoms with van der Waals surface area (Å²) in [7, 11) is 0. The maximum atomic E-state index is 13.3. The number of ether oxygens (including phenoxy) is 3. The molecule has 0 saturated carbocycles. The number of aromatic nitrogens is 1. The van der Waals surface area contributed by atoms with E-state index in [0.717, 1.165) is 17.8 Å². The van der Waals surface area contributed by atoms with E-state index in [1.165, 1.54) is 4.90 Å². The Hall–Kier alpha value is -2.72. The van der Waals surface area contributed by atoms with E-state index in [-0.39, 0.29) is 32.4 Å². The Morgan fingerprint density at radius 3 is 2.39 bits per heavy atom. The number of carbonyl (C=O) groups is 1. The summed E-state index contributed by atoms with van der Waals surface area (Å²) in [5, 5.41) is 0. The zero-order valence-corrected chi connectivity index (χ0v) is 16.6. The lowest BCUT2D eigenvalue weighted by molar-refractivity contribution is -0.138. The molecule has 2 atom stereocenters. The number of nitrogens with zero attached hydrogens (tertiary/aromatic N) is 2. The van der Waals surface area contributed by atoms with Crippen molar-refractivity contribution in [1.82, 2.24) is 9.88 Å². The first-order valence-corrected chi connectivity index (χ1v) is 9.69. The van der Waals surface area contributed by atoms with Crippen LogP contribution in [-0.4, -0.2) is 60.4 Å². The summed E-state index contributed by atoms with van der Waals surface area (Å²) >= 11 is 0. The van der Waals surface area contributed by atoms with E-state index in [4.69, 9.17) is 14.2 Å². The fraction of sp³-hybridized carbons (Fsp3) is 0.429. The molecule has 31 heavy (non-hydrogen) atoms. The highest BCUT2D eigenvalue weighted by Gasteiger charge is 2.42. The first kappa shape index (κ1) is 21.5. The van der Waals surface area contributed by atoms with Crippen molar-refractivity contribution >= 4 is 5.91 Å². The Morgan fingerprint density at radius 2 is 1.81 bits per heavy atom. The number of halogens is 4. The van der Waals surface area contributed by atoms with Gasteiger partial charge in [0, 0.05) is 18.8 Å². The summed E-state index contributed by atoms with van der Waals surface area (Å²) < 4.78 is 70.6. The molecule has 3 heterocycles. The second-order valence-electron chi connectivity index (χ2n) is 7.52. The normalized spacial score (nSPS) is 22.2. The van der Waals surface area contributed by atoms with E-state index >= 15 is 0 Å². The minimum absolute atomic E-state index is 0.0664. The van der Waals surface area contributed by atoms with E-state index in [0.29, 0.717) is 11.8 Å². The molecule has 0 spiro atoms. The second kappa shape index (κ2) is 8.43. The van der Waals surface area contributed by atoms with Gasteiger partial charge >= 0.3 is 6.18 Å². The summed E-state index contributed by atoms with van der Waals surface area (Å²) in [6.45, 7) is 2.39. The quantitative estimate of drug-likeness (QED) is 0.686. The number of fused-ring (bicyclic) bond motifs is 1. The predicted molar refractivity (Wildman–Crippen MR) is 100 cm³/mol.